The number of aromatic carboxylic acids is 1. The highest BCUT2D eigenvalue weighted by molar-refractivity contribution is 6.09. The van der Waals surface area contributed by atoms with Crippen molar-refractivity contribution in [2.24, 2.45) is 5.73 Å². The Kier molecular flexibility index (Phi) is 31.7. The number of amides is 11. The van der Waals surface area contributed by atoms with Crippen molar-refractivity contribution in [1.82, 2.24) is 73.1 Å². The predicted molar refractivity (Wildman–Crippen MR) is 367 cm³/mol. The molecule has 0 saturated carbocycles. The summed E-state index contributed by atoms with van der Waals surface area (Å²) in [7, 11) is 0. The molecule has 2 aliphatic rings. The van der Waals surface area contributed by atoms with Crippen molar-refractivity contribution in [3.05, 3.63) is 112 Å². The zero-order valence-electron chi connectivity index (χ0n) is 57.5. The summed E-state index contributed by atoms with van der Waals surface area (Å²) in [6.07, 6.45) is 0.100. The van der Waals surface area contributed by atoms with Gasteiger partial charge in [0.2, 0.25) is 59.1 Å². The maximum absolute atomic E-state index is 13.8. The second-order valence-corrected chi connectivity index (χ2v) is 24.2. The van der Waals surface area contributed by atoms with Crippen LogP contribution in [0.25, 0.3) is 33.4 Å². The van der Waals surface area contributed by atoms with E-state index in [1.165, 1.54) is 86.6 Å². The number of aromatic nitrogens is 4. The van der Waals surface area contributed by atoms with Crippen LogP contribution in [0.5, 0.6) is 5.75 Å². The van der Waals surface area contributed by atoms with Crippen LogP contribution in [0.2, 0.25) is 0 Å². The van der Waals surface area contributed by atoms with E-state index < -0.39 is 175 Å². The smallest absolute Gasteiger partial charge is 0.336 e. The van der Waals surface area contributed by atoms with Crippen LogP contribution in [0.1, 0.15) is 97.8 Å². The normalized spacial score (nSPS) is 13.7. The lowest BCUT2D eigenvalue weighted by atomic mass is 9.89. The number of nitrogens with two attached hydrogens (primary N) is 1. The minimum Gasteiger partial charge on any atom is -0.508 e. The molecule has 2 aromatic carbocycles. The number of carboxylic acid groups (broad SMARTS) is 3. The molecule has 2 aromatic heterocycles. The molecule has 20 N–H and O–H groups in total. The molecule has 39 heteroatoms. The zero-order chi connectivity index (χ0) is 77.7. The average Bonchev–Trinajstić information content (AvgIpc) is 0.795. The van der Waals surface area contributed by atoms with Crippen LogP contribution in [-0.2, 0) is 79.8 Å². The molecule has 0 bridgehead atoms. The molecule has 570 valence electrons. The van der Waals surface area contributed by atoms with E-state index in [1.54, 1.807) is 0 Å². The van der Waals surface area contributed by atoms with Gasteiger partial charge in [-0.1, -0.05) is 0 Å². The number of ether oxygens (including phenoxy) is 2. The van der Waals surface area contributed by atoms with Gasteiger partial charge in [-0.2, -0.15) is 0 Å². The molecule has 0 fully saturated rings. The Balaban J connectivity index is 1.08. The Morgan fingerprint density at radius 1 is 0.557 bits per heavy atom. The van der Waals surface area contributed by atoms with Gasteiger partial charge in [-0.05, 0) is 94.0 Å². The molecule has 1 aliphatic carbocycles. The van der Waals surface area contributed by atoms with Crippen molar-refractivity contribution >= 4 is 93.9 Å². The van der Waals surface area contributed by atoms with Crippen LogP contribution in [0.4, 0.5) is 0 Å². The Bertz CT molecular complexity index is 4150. The zero-order valence-corrected chi connectivity index (χ0v) is 57.5. The van der Waals surface area contributed by atoms with Gasteiger partial charge in [0.25, 0.3) is 5.91 Å². The first-order valence-corrected chi connectivity index (χ1v) is 33.1. The van der Waals surface area contributed by atoms with E-state index in [-0.39, 0.29) is 122 Å². The van der Waals surface area contributed by atoms with Crippen LogP contribution in [0, 0.1) is 0 Å². The summed E-state index contributed by atoms with van der Waals surface area (Å²) < 4.78 is 16.8. The van der Waals surface area contributed by atoms with Gasteiger partial charge < -0.3 is 113 Å². The highest BCUT2D eigenvalue weighted by Gasteiger charge is 2.35. The third-order valence-electron chi connectivity index (χ3n) is 15.9. The van der Waals surface area contributed by atoms with Crippen molar-refractivity contribution in [3.8, 4) is 28.2 Å². The molecule has 0 saturated heterocycles. The molecule has 106 heavy (non-hydrogen) atoms. The van der Waals surface area contributed by atoms with Crippen molar-refractivity contribution in [2.45, 2.75) is 133 Å². The molecule has 4 aromatic rings. The number of aliphatic hydroxyl groups excluding tert-OH is 2. The number of unbranched alkanes of at least 4 members (excludes halogenated alkanes) is 1. The Morgan fingerprint density at radius 2 is 1.08 bits per heavy atom. The van der Waals surface area contributed by atoms with Crippen LogP contribution in [0.15, 0.2) is 88.9 Å². The first-order valence-electron chi connectivity index (χ1n) is 33.1. The average molecular weight is 1480 g/mol. The van der Waals surface area contributed by atoms with Gasteiger partial charge in [0.1, 0.15) is 72.6 Å². The van der Waals surface area contributed by atoms with E-state index in [4.69, 9.17) is 24.7 Å². The molecule has 9 atom stereocenters. The Hall–Kier alpha value is -12.2. The highest BCUT2D eigenvalue weighted by atomic mass is 16.5. The number of benzene rings is 3. The Morgan fingerprint density at radius 3 is 1.60 bits per heavy atom. The number of phenolic OH excluding ortho intramolecular Hbond substituents is 1. The lowest BCUT2D eigenvalue weighted by Gasteiger charge is -2.25. The number of hydrogen-bond donors (Lipinski definition) is 19. The fraction of sp³-hybridized carbons (Fsp3) is 0.418. The van der Waals surface area contributed by atoms with Crippen LogP contribution in [0.3, 0.4) is 0 Å². The second-order valence-electron chi connectivity index (χ2n) is 24.2. The largest absolute Gasteiger partial charge is 0.508 e. The standard InChI is InChI=1S/C67H83N15O24/c1-33(83)57(76-35(3)85)65(100)80-49(24-38-28-70-32-75-38)64(99)79-47(14-16-55(92)93)62(97)73-19-20-104-29-52(88)77-46(6-4-5-17-71-60(95)36-7-10-41(67(102)103)44(22-36)56-42-11-8-39(86)25-50(42)106-51-26-40(87)9-12-43(51)56)61(96)72-18-21-105-30-53(89)82-58(34(2)84)66(101)81-48(23-37-27-69-31-74-37)63(98)78-45(59(68)94)13-15-54(90)91/h7-12,22,25-28,31-34,45-49,57-58,83-84,86H,4-6,13-21,23-24,29-30H2,1-3H3,(H2,68,94)(H,69,74)(H,70,75)(H,71,95)(H,72,96)(H,73,97)(H,76,85)(H,77,88)(H,78,98)(H,79,99)(H,80,100)(H,81,101)(H,82,89)(H,90,91)(H,92,93)(H,102,103)/t33-,34-,45+,46+,47+,48+,49+,57+,58+/m0/s1. The second kappa shape index (κ2) is 40.6. The number of nitrogens with one attached hydrogen (secondary N) is 12. The monoisotopic (exact) mass is 1480 g/mol. The first kappa shape index (κ1) is 82.7. The van der Waals surface area contributed by atoms with Gasteiger partial charge in [0.15, 0.2) is 5.43 Å². The number of aromatic amines is 2. The van der Waals surface area contributed by atoms with Gasteiger partial charge in [-0.25, -0.2) is 14.8 Å². The Labute approximate surface area is 602 Å². The van der Waals surface area contributed by atoms with Gasteiger partial charge in [0.05, 0.1) is 55.0 Å². The molecule has 0 radical (unpaired) electrons. The highest BCUT2D eigenvalue weighted by Crippen LogP contribution is 2.42. The summed E-state index contributed by atoms with van der Waals surface area (Å²) in [5.74, 6) is -13.9. The van der Waals surface area contributed by atoms with Crippen LogP contribution < -0.4 is 64.3 Å². The van der Waals surface area contributed by atoms with Crippen molar-refractivity contribution < 1.29 is 112 Å². The number of nitrogens with zero attached hydrogens (tertiary/aromatic N) is 2. The van der Waals surface area contributed by atoms with Crippen LogP contribution in [-0.4, -0.2) is 234 Å². The summed E-state index contributed by atoms with van der Waals surface area (Å²) >= 11 is 0. The van der Waals surface area contributed by atoms with Gasteiger partial charge in [-0.3, -0.25) is 67.1 Å². The minimum absolute atomic E-state index is 0.0212. The number of carboxylic acids is 3. The number of hydrogen-bond acceptors (Lipinski definition) is 23. The third-order valence-corrected chi connectivity index (χ3v) is 15.9. The first-order chi connectivity index (χ1) is 50.4. The number of primary amides is 1. The topological polar surface area (TPSA) is 613 Å². The van der Waals surface area contributed by atoms with Gasteiger partial charge in [-0.15, -0.1) is 0 Å². The number of aliphatic hydroxyl groups is 2. The number of imidazole rings is 2. The molecule has 3 heterocycles. The summed E-state index contributed by atoms with van der Waals surface area (Å²) in [6.45, 7) is 0.635. The third kappa shape index (κ3) is 25.9. The molecule has 11 amide bonds. The van der Waals surface area contributed by atoms with E-state index in [0.717, 1.165) is 13.8 Å². The quantitative estimate of drug-likeness (QED) is 0.0130. The number of H-pyrrole nitrogens is 2. The summed E-state index contributed by atoms with van der Waals surface area (Å²) in [4.78, 5) is 207. The van der Waals surface area contributed by atoms with E-state index in [9.17, 15) is 97.5 Å². The molecular weight excluding hydrogens is 1400 g/mol. The number of fused-ring (bicyclic) bond motifs is 2. The molecular formula is C67H83N15O24. The molecule has 1 aliphatic heterocycles. The molecule has 6 rings (SSSR count). The lowest BCUT2D eigenvalue weighted by Crippen LogP contribution is -2.59. The molecule has 39 nitrogen and oxygen atoms in total. The summed E-state index contributed by atoms with van der Waals surface area (Å²) in [6, 6.07) is 1.42. The van der Waals surface area contributed by atoms with Gasteiger partial charge in [0, 0.05) is 98.8 Å². The van der Waals surface area contributed by atoms with Crippen molar-refractivity contribution in [1.29, 1.82) is 0 Å². The lowest BCUT2D eigenvalue weighted by molar-refractivity contribution is -0.139. The van der Waals surface area contributed by atoms with Crippen molar-refractivity contribution in [2.75, 3.05) is 46.1 Å². The van der Waals surface area contributed by atoms with Crippen LogP contribution >= 0.6 is 0 Å². The fourth-order valence-corrected chi connectivity index (χ4v) is 10.6. The number of phenols is 1. The van der Waals surface area contributed by atoms with E-state index in [2.05, 4.69) is 73.1 Å². The minimum atomic E-state index is -1.71. The van der Waals surface area contributed by atoms with E-state index >= 15 is 0 Å². The SMILES string of the molecule is CC(=O)N[C@@H](C(=O)N[C@H](Cc1c[nH]cn1)C(=O)N[C@H](CCC(=O)O)C(=O)NCCOCC(=O)N[C@H](CCCCNC(=O)c1ccc(C(=O)O)c(-c2c3ccc(=O)cc-3oc3cc(O)ccc23)c1)C(=O)NCCOCC(=O)N[C@@H](C(=O)N[C@H](Cc1c[nH]cn1)C(=O)N[C@H](CCC(=O)O)C(N)=O)[C@H](C)O)[C@H](C)O. The number of aliphatic carboxylic acids is 2. The fourth-order valence-electron chi connectivity index (χ4n) is 10.6. The van der Waals surface area contributed by atoms with E-state index in [0.29, 0.717) is 10.9 Å². The number of carbonyl (C=O) groups excluding carboxylic acids is 11. The number of rotatable bonds is 44. The number of carbonyl (C=O) groups is 14. The maximum atomic E-state index is 13.8. The number of aromatic hydroxyl groups is 1. The van der Waals surface area contributed by atoms with Crippen molar-refractivity contribution in [3.63, 3.8) is 0 Å². The molecule has 0 spiro atoms. The summed E-state index contributed by atoms with van der Waals surface area (Å²) in [5, 5.41) is 84.7. The predicted octanol–water partition coefficient (Wildman–Crippen LogP) is -3.54. The molecule has 0 unspecified atom stereocenters. The summed E-state index contributed by atoms with van der Waals surface area (Å²) in [5.41, 5.74) is 6.12. The maximum Gasteiger partial charge on any atom is 0.336 e. The van der Waals surface area contributed by atoms with E-state index in [1.807, 2.05) is 0 Å². The van der Waals surface area contributed by atoms with Gasteiger partial charge >= 0.3 is 17.9 Å².